The molecule has 6 heteroatoms. The minimum Gasteiger partial charge on any atom is -0.478 e. The summed E-state index contributed by atoms with van der Waals surface area (Å²) in [6, 6.07) is 1.09. The molecule has 1 rings (SSSR count). The molecule has 0 spiro atoms. The van der Waals surface area contributed by atoms with Gasteiger partial charge in [-0.1, -0.05) is 0 Å². The number of nitrogens with zero attached hydrogens (tertiary/aromatic N) is 1. The van der Waals surface area contributed by atoms with Gasteiger partial charge in [-0.15, -0.1) is 0 Å². The van der Waals surface area contributed by atoms with Gasteiger partial charge in [0.15, 0.2) is 0 Å². The molecule has 0 unspecified atom stereocenters. The number of alkyl halides is 2. The third kappa shape index (κ3) is 2.21. The van der Waals surface area contributed by atoms with Gasteiger partial charge < -0.3 is 5.11 Å². The van der Waals surface area contributed by atoms with Crippen molar-refractivity contribution in [2.45, 2.75) is 6.43 Å². The number of aromatic nitrogens is 1. The van der Waals surface area contributed by atoms with Gasteiger partial charge in [-0.2, -0.15) is 0 Å². The highest BCUT2D eigenvalue weighted by Gasteiger charge is 2.19. The Kier molecular flexibility index (Phi) is 2.92. The molecule has 1 heterocycles. The highest BCUT2D eigenvalue weighted by Crippen LogP contribution is 2.23. The Balaban J connectivity index is 3.27. The zero-order valence-electron chi connectivity index (χ0n) is 6.17. The average Bonchev–Trinajstić information content (AvgIpc) is 2.03. The minimum atomic E-state index is -2.88. The highest BCUT2D eigenvalue weighted by molar-refractivity contribution is 9.10. The van der Waals surface area contributed by atoms with E-state index in [9.17, 15) is 13.6 Å². The Labute approximate surface area is 80.5 Å². The summed E-state index contributed by atoms with van der Waals surface area (Å²) in [6.45, 7) is 0. The van der Waals surface area contributed by atoms with Crippen LogP contribution in [0.3, 0.4) is 0 Å². The zero-order chi connectivity index (χ0) is 10.0. The first-order valence-electron chi connectivity index (χ1n) is 3.19. The molecule has 0 fully saturated rings. The van der Waals surface area contributed by atoms with Crippen LogP contribution in [0.4, 0.5) is 8.78 Å². The zero-order valence-corrected chi connectivity index (χ0v) is 7.75. The van der Waals surface area contributed by atoms with Crippen molar-refractivity contribution < 1.29 is 18.7 Å². The number of carboxylic acid groups (broad SMARTS) is 1. The van der Waals surface area contributed by atoms with Crippen molar-refractivity contribution in [1.82, 2.24) is 4.98 Å². The molecule has 0 aromatic carbocycles. The van der Waals surface area contributed by atoms with E-state index in [-0.39, 0.29) is 0 Å². The van der Waals surface area contributed by atoms with E-state index >= 15 is 0 Å². The van der Waals surface area contributed by atoms with Crippen molar-refractivity contribution in [3.05, 3.63) is 28.0 Å². The van der Waals surface area contributed by atoms with E-state index in [0.717, 1.165) is 12.3 Å². The van der Waals surface area contributed by atoms with Crippen LogP contribution < -0.4 is 0 Å². The Morgan fingerprint density at radius 3 is 2.69 bits per heavy atom. The molecule has 0 radical (unpaired) electrons. The maximum absolute atomic E-state index is 12.2. The van der Waals surface area contributed by atoms with E-state index in [1.54, 1.807) is 0 Å². The molecule has 0 saturated carbocycles. The standard InChI is InChI=1S/C7H4BrF2NO2/c8-3-1-4(7(12)13)5(6(9)10)11-2-3/h1-2,6H,(H,12,13). The van der Waals surface area contributed by atoms with Gasteiger partial charge in [0.25, 0.3) is 6.43 Å². The molecule has 1 aromatic heterocycles. The SMILES string of the molecule is O=C(O)c1cc(Br)cnc1C(F)F. The van der Waals surface area contributed by atoms with Gasteiger partial charge in [-0.25, -0.2) is 13.6 Å². The number of pyridine rings is 1. The van der Waals surface area contributed by atoms with Crippen molar-refractivity contribution >= 4 is 21.9 Å². The summed E-state index contributed by atoms with van der Waals surface area (Å²) in [5.74, 6) is -1.41. The fourth-order valence-electron chi connectivity index (χ4n) is 0.795. The van der Waals surface area contributed by atoms with Gasteiger partial charge in [0.2, 0.25) is 0 Å². The highest BCUT2D eigenvalue weighted by atomic mass is 79.9. The van der Waals surface area contributed by atoms with Crippen molar-refractivity contribution in [2.24, 2.45) is 0 Å². The van der Waals surface area contributed by atoms with Crippen LogP contribution in [0, 0.1) is 0 Å². The van der Waals surface area contributed by atoms with Crippen LogP contribution in [-0.2, 0) is 0 Å². The van der Waals surface area contributed by atoms with Crippen molar-refractivity contribution in [1.29, 1.82) is 0 Å². The molecule has 0 bridgehead atoms. The number of carboxylic acids is 1. The van der Waals surface area contributed by atoms with Crippen LogP contribution >= 0.6 is 15.9 Å². The summed E-state index contributed by atoms with van der Waals surface area (Å²) >= 11 is 2.94. The largest absolute Gasteiger partial charge is 0.478 e. The molecule has 0 amide bonds. The van der Waals surface area contributed by atoms with Gasteiger partial charge in [-0.05, 0) is 22.0 Å². The average molecular weight is 252 g/mol. The van der Waals surface area contributed by atoms with Crippen molar-refractivity contribution in [3.8, 4) is 0 Å². The van der Waals surface area contributed by atoms with Gasteiger partial charge in [0, 0.05) is 10.7 Å². The third-order valence-electron chi connectivity index (χ3n) is 1.32. The minimum absolute atomic E-state index is 0.356. The normalized spacial score (nSPS) is 10.5. The van der Waals surface area contributed by atoms with Crippen molar-refractivity contribution in [3.63, 3.8) is 0 Å². The van der Waals surface area contributed by atoms with Gasteiger partial charge >= 0.3 is 5.97 Å². The number of carbonyl (C=O) groups is 1. The lowest BCUT2D eigenvalue weighted by atomic mass is 10.2. The molecule has 1 N–H and O–H groups in total. The van der Waals surface area contributed by atoms with E-state index in [1.807, 2.05) is 0 Å². The Bertz CT molecular complexity index is 343. The molecular weight excluding hydrogens is 248 g/mol. The van der Waals surface area contributed by atoms with Crippen LogP contribution in [-0.4, -0.2) is 16.1 Å². The van der Waals surface area contributed by atoms with E-state index in [1.165, 1.54) is 0 Å². The Hall–Kier alpha value is -1.04. The number of halogens is 3. The number of aromatic carboxylic acids is 1. The number of hydrogen-bond donors (Lipinski definition) is 1. The molecule has 0 saturated heterocycles. The van der Waals surface area contributed by atoms with Crippen molar-refractivity contribution in [2.75, 3.05) is 0 Å². The summed E-state index contributed by atoms with van der Waals surface area (Å²) in [4.78, 5) is 13.8. The molecule has 0 aliphatic rings. The van der Waals surface area contributed by atoms with E-state index < -0.39 is 23.7 Å². The first kappa shape index (κ1) is 10.0. The summed E-state index contributed by atoms with van der Waals surface area (Å²) < 4.78 is 24.7. The number of hydrogen-bond acceptors (Lipinski definition) is 2. The second kappa shape index (κ2) is 3.78. The second-order valence-corrected chi connectivity index (χ2v) is 3.11. The lowest BCUT2D eigenvalue weighted by Gasteiger charge is -2.03. The first-order valence-corrected chi connectivity index (χ1v) is 3.98. The predicted octanol–water partition coefficient (Wildman–Crippen LogP) is 2.48. The molecule has 0 aliphatic heterocycles. The molecule has 13 heavy (non-hydrogen) atoms. The maximum atomic E-state index is 12.2. The third-order valence-corrected chi connectivity index (χ3v) is 1.76. The summed E-state index contributed by atoms with van der Waals surface area (Å²) in [7, 11) is 0. The van der Waals surface area contributed by atoms with Crippen LogP contribution in [0.15, 0.2) is 16.7 Å². The Morgan fingerprint density at radius 1 is 1.62 bits per heavy atom. The predicted molar refractivity (Wildman–Crippen MR) is 43.9 cm³/mol. The van der Waals surface area contributed by atoms with Crippen LogP contribution in [0.2, 0.25) is 0 Å². The Morgan fingerprint density at radius 2 is 2.23 bits per heavy atom. The fraction of sp³-hybridized carbons (Fsp3) is 0.143. The van der Waals surface area contributed by atoms with Crippen LogP contribution in [0.1, 0.15) is 22.5 Å². The quantitative estimate of drug-likeness (QED) is 0.879. The lowest BCUT2D eigenvalue weighted by molar-refractivity contribution is 0.0682. The summed E-state index contributed by atoms with van der Waals surface area (Å²) in [5.41, 5.74) is -1.19. The maximum Gasteiger partial charge on any atom is 0.337 e. The van der Waals surface area contributed by atoms with E-state index in [2.05, 4.69) is 20.9 Å². The summed E-state index contributed by atoms with van der Waals surface area (Å²) in [5, 5.41) is 8.54. The van der Waals surface area contributed by atoms with E-state index in [4.69, 9.17) is 5.11 Å². The molecule has 70 valence electrons. The first-order chi connectivity index (χ1) is 6.02. The molecule has 0 aliphatic carbocycles. The van der Waals surface area contributed by atoms with Gasteiger partial charge in [0.05, 0.1) is 5.56 Å². The second-order valence-electron chi connectivity index (χ2n) is 2.19. The molecule has 0 atom stereocenters. The molecule has 3 nitrogen and oxygen atoms in total. The van der Waals surface area contributed by atoms with Gasteiger partial charge in [0.1, 0.15) is 5.69 Å². The fourth-order valence-corrected chi connectivity index (χ4v) is 1.13. The molecule has 1 aromatic rings. The smallest absolute Gasteiger partial charge is 0.337 e. The van der Waals surface area contributed by atoms with Gasteiger partial charge in [-0.3, -0.25) is 4.98 Å². The molecular formula is C7H4BrF2NO2. The summed E-state index contributed by atoms with van der Waals surface area (Å²) in [6.07, 6.45) is -1.74. The van der Waals surface area contributed by atoms with Crippen LogP contribution in [0.5, 0.6) is 0 Å². The van der Waals surface area contributed by atoms with E-state index in [0.29, 0.717) is 4.47 Å². The monoisotopic (exact) mass is 251 g/mol. The number of rotatable bonds is 2. The topological polar surface area (TPSA) is 50.2 Å². The van der Waals surface area contributed by atoms with Crippen LogP contribution in [0.25, 0.3) is 0 Å². The lowest BCUT2D eigenvalue weighted by Crippen LogP contribution is -2.05.